The Hall–Kier alpha value is -4.33. The van der Waals surface area contributed by atoms with Crippen LogP contribution >= 0.6 is 0 Å². The van der Waals surface area contributed by atoms with Crippen molar-refractivity contribution in [1.82, 2.24) is 19.7 Å². The van der Waals surface area contributed by atoms with Crippen molar-refractivity contribution in [3.63, 3.8) is 0 Å². The fourth-order valence-corrected chi connectivity index (χ4v) is 4.26. The Balaban J connectivity index is 1.38. The summed E-state index contributed by atoms with van der Waals surface area (Å²) in [6.07, 6.45) is 5.13. The van der Waals surface area contributed by atoms with Gasteiger partial charge < -0.3 is 9.80 Å². The highest BCUT2D eigenvalue weighted by Crippen LogP contribution is 2.26. The first kappa shape index (κ1) is 22.5. The van der Waals surface area contributed by atoms with Crippen LogP contribution < -0.4 is 4.90 Å². The topological polar surface area (TPSA) is 71.3 Å². The van der Waals surface area contributed by atoms with Crippen molar-refractivity contribution in [3.05, 3.63) is 96.2 Å². The summed E-state index contributed by atoms with van der Waals surface area (Å²) >= 11 is 0. The highest BCUT2D eigenvalue weighted by Gasteiger charge is 2.27. The number of hydrogen-bond donors (Lipinski definition) is 0. The van der Waals surface area contributed by atoms with E-state index in [9.17, 15) is 14.0 Å². The van der Waals surface area contributed by atoms with Crippen LogP contribution in [0.1, 0.15) is 27.6 Å². The molecule has 0 bridgehead atoms. The Morgan fingerprint density at radius 2 is 1.71 bits per heavy atom. The van der Waals surface area contributed by atoms with Crippen molar-refractivity contribution in [2.24, 2.45) is 0 Å². The Kier molecular flexibility index (Phi) is 6.10. The number of ketones is 1. The number of para-hydroxylation sites is 1. The summed E-state index contributed by atoms with van der Waals surface area (Å²) in [6, 6.07) is 17.9. The van der Waals surface area contributed by atoms with Crippen molar-refractivity contribution in [2.75, 3.05) is 31.1 Å². The zero-order chi connectivity index (χ0) is 24.4. The third kappa shape index (κ3) is 4.55. The molecule has 176 valence electrons. The Morgan fingerprint density at radius 1 is 0.943 bits per heavy atom. The molecule has 8 heteroatoms. The van der Waals surface area contributed by atoms with Crippen molar-refractivity contribution in [1.29, 1.82) is 0 Å². The third-order valence-electron chi connectivity index (χ3n) is 6.16. The number of pyridine rings is 1. The average Bonchev–Trinajstić information content (AvgIpc) is 3.35. The number of rotatable bonds is 5. The smallest absolute Gasteiger partial charge is 0.257 e. The normalized spacial score (nSPS) is 13.7. The van der Waals surface area contributed by atoms with Gasteiger partial charge in [0.2, 0.25) is 0 Å². The van der Waals surface area contributed by atoms with E-state index in [2.05, 4.69) is 4.98 Å². The minimum absolute atomic E-state index is 0.127. The van der Waals surface area contributed by atoms with E-state index in [1.54, 1.807) is 40.3 Å². The molecule has 0 spiro atoms. The van der Waals surface area contributed by atoms with Crippen LogP contribution in [0.15, 0.2) is 79.3 Å². The number of piperazine rings is 1. The first-order valence-electron chi connectivity index (χ1n) is 11.4. The molecule has 1 amide bonds. The molecule has 0 radical (unpaired) electrons. The molecular weight excluding hydrogens is 445 g/mol. The quantitative estimate of drug-likeness (QED) is 0.409. The first-order chi connectivity index (χ1) is 17.0. The van der Waals surface area contributed by atoms with E-state index >= 15 is 0 Å². The Bertz CT molecular complexity index is 1360. The molecule has 3 heterocycles. The van der Waals surface area contributed by atoms with Gasteiger partial charge in [-0.2, -0.15) is 5.10 Å². The fourth-order valence-electron chi connectivity index (χ4n) is 4.26. The molecule has 5 rings (SSSR count). The number of halogens is 1. The predicted molar refractivity (Wildman–Crippen MR) is 131 cm³/mol. The number of nitrogens with zero attached hydrogens (tertiary/aromatic N) is 5. The number of carbonyl (C=O) groups excluding carboxylic acids is 2. The number of benzene rings is 2. The molecule has 1 aliphatic heterocycles. The van der Waals surface area contributed by atoms with Gasteiger partial charge in [-0.25, -0.2) is 9.07 Å². The second kappa shape index (κ2) is 9.50. The molecule has 0 unspecified atom stereocenters. The van der Waals surface area contributed by atoms with Crippen molar-refractivity contribution < 1.29 is 14.0 Å². The number of aromatic nitrogens is 3. The number of amides is 1. The molecule has 35 heavy (non-hydrogen) atoms. The second-order valence-electron chi connectivity index (χ2n) is 8.41. The molecule has 7 nitrogen and oxygen atoms in total. The van der Waals surface area contributed by atoms with Crippen LogP contribution in [-0.2, 0) is 0 Å². The lowest BCUT2D eigenvalue weighted by Gasteiger charge is -2.36. The van der Waals surface area contributed by atoms with Crippen LogP contribution in [0, 0.1) is 5.82 Å². The summed E-state index contributed by atoms with van der Waals surface area (Å²) < 4.78 is 16.3. The van der Waals surface area contributed by atoms with Crippen LogP contribution in [0.4, 0.5) is 10.1 Å². The van der Waals surface area contributed by atoms with Gasteiger partial charge in [0.05, 0.1) is 16.9 Å². The molecule has 1 aliphatic rings. The maximum absolute atomic E-state index is 14.6. The lowest BCUT2D eigenvalue weighted by Crippen LogP contribution is -2.49. The minimum Gasteiger partial charge on any atom is -0.366 e. The van der Waals surface area contributed by atoms with Gasteiger partial charge in [0.25, 0.3) is 5.91 Å². The molecule has 0 aliphatic carbocycles. The number of anilines is 1. The predicted octanol–water partition coefficient (Wildman–Crippen LogP) is 4.24. The van der Waals surface area contributed by atoms with Gasteiger partial charge in [0.15, 0.2) is 5.78 Å². The molecule has 0 saturated carbocycles. The summed E-state index contributed by atoms with van der Waals surface area (Å²) in [5.74, 6) is -0.732. The van der Waals surface area contributed by atoms with E-state index in [-0.39, 0.29) is 11.7 Å². The summed E-state index contributed by atoms with van der Waals surface area (Å²) in [4.78, 5) is 33.0. The van der Waals surface area contributed by atoms with E-state index < -0.39 is 5.82 Å². The van der Waals surface area contributed by atoms with Gasteiger partial charge in [-0.1, -0.05) is 18.2 Å². The van der Waals surface area contributed by atoms with Gasteiger partial charge in [-0.15, -0.1) is 0 Å². The van der Waals surface area contributed by atoms with Gasteiger partial charge >= 0.3 is 0 Å². The van der Waals surface area contributed by atoms with Crippen LogP contribution in [0.2, 0.25) is 0 Å². The minimum atomic E-state index is -0.430. The highest BCUT2D eigenvalue weighted by molar-refractivity contribution is 6.00. The van der Waals surface area contributed by atoms with Gasteiger partial charge in [-0.3, -0.25) is 14.6 Å². The largest absolute Gasteiger partial charge is 0.366 e. The van der Waals surface area contributed by atoms with E-state index in [0.29, 0.717) is 48.7 Å². The molecule has 2 aromatic heterocycles. The average molecular weight is 470 g/mol. The zero-order valence-corrected chi connectivity index (χ0v) is 19.3. The fraction of sp³-hybridized carbons (Fsp3) is 0.185. The third-order valence-corrected chi connectivity index (χ3v) is 6.16. The maximum atomic E-state index is 14.6. The zero-order valence-electron chi connectivity index (χ0n) is 19.3. The highest BCUT2D eigenvalue weighted by atomic mass is 19.1. The van der Waals surface area contributed by atoms with Crippen LogP contribution in [0.5, 0.6) is 0 Å². The summed E-state index contributed by atoms with van der Waals surface area (Å²) in [5.41, 5.74) is 3.46. The number of hydrogen-bond acceptors (Lipinski definition) is 5. The lowest BCUT2D eigenvalue weighted by molar-refractivity contribution is 0.0747. The monoisotopic (exact) mass is 469 g/mol. The SMILES string of the molecule is CC(=O)c1ccc(N2CCN(C(=O)c3cn(-c4ccccc4)nc3-c3cccnc3)CC2)c(F)c1. The van der Waals surface area contributed by atoms with Crippen LogP contribution in [0.25, 0.3) is 16.9 Å². The van der Waals surface area contributed by atoms with Crippen molar-refractivity contribution >= 4 is 17.4 Å². The molecule has 0 N–H and O–H groups in total. The van der Waals surface area contributed by atoms with E-state index in [1.165, 1.54) is 13.0 Å². The Morgan fingerprint density at radius 3 is 2.37 bits per heavy atom. The maximum Gasteiger partial charge on any atom is 0.257 e. The van der Waals surface area contributed by atoms with Gasteiger partial charge in [0.1, 0.15) is 11.5 Å². The molecule has 1 fully saturated rings. The molecule has 0 atom stereocenters. The van der Waals surface area contributed by atoms with Gasteiger partial charge in [-0.05, 0) is 49.4 Å². The number of Topliss-reactive ketones (excluding diaryl/α,β-unsaturated/α-hetero) is 1. The van der Waals surface area contributed by atoms with Gasteiger partial charge in [0, 0.05) is 55.9 Å². The van der Waals surface area contributed by atoms with Crippen molar-refractivity contribution in [3.8, 4) is 16.9 Å². The second-order valence-corrected chi connectivity index (χ2v) is 8.41. The molecule has 4 aromatic rings. The summed E-state index contributed by atoms with van der Waals surface area (Å²) in [6.45, 7) is 3.26. The van der Waals surface area contributed by atoms with Crippen molar-refractivity contribution in [2.45, 2.75) is 6.92 Å². The van der Waals surface area contributed by atoms with E-state index in [0.717, 1.165) is 11.3 Å². The van der Waals surface area contributed by atoms with Crippen LogP contribution in [-0.4, -0.2) is 57.5 Å². The van der Waals surface area contributed by atoms with E-state index in [4.69, 9.17) is 5.10 Å². The lowest BCUT2D eigenvalue weighted by atomic mass is 10.1. The first-order valence-corrected chi connectivity index (χ1v) is 11.4. The summed E-state index contributed by atoms with van der Waals surface area (Å²) in [7, 11) is 0. The number of carbonyl (C=O) groups is 2. The van der Waals surface area contributed by atoms with E-state index in [1.807, 2.05) is 47.4 Å². The molecule has 2 aromatic carbocycles. The standard InChI is InChI=1S/C27H24FN5O2/c1-19(34)20-9-10-25(24(28)16-20)31-12-14-32(15-13-31)27(35)23-18-33(22-7-3-2-4-8-22)30-26(23)21-6-5-11-29-17-21/h2-11,16-18H,12-15H2,1H3. The van der Waals surface area contributed by atoms with Crippen LogP contribution in [0.3, 0.4) is 0 Å². The Labute approximate surface area is 202 Å². The molecule has 1 saturated heterocycles. The summed E-state index contributed by atoms with van der Waals surface area (Å²) in [5, 5.41) is 4.70. The molecular formula is C27H24FN5O2.